The monoisotopic (exact) mass is 472 g/mol. The van der Waals surface area contributed by atoms with Gasteiger partial charge in [0.15, 0.2) is 22.8 Å². The number of pyridine rings is 1. The molecule has 1 aliphatic carbocycles. The molecule has 10 nitrogen and oxygen atoms in total. The Morgan fingerprint density at radius 3 is 2.60 bits per heavy atom. The van der Waals surface area contributed by atoms with Crippen molar-refractivity contribution < 1.29 is 0 Å². The average molecular weight is 473 g/mol. The zero-order chi connectivity index (χ0) is 23.6. The van der Waals surface area contributed by atoms with E-state index in [9.17, 15) is 0 Å². The van der Waals surface area contributed by atoms with Crippen molar-refractivity contribution in [1.29, 1.82) is 0 Å². The quantitative estimate of drug-likeness (QED) is 0.438. The van der Waals surface area contributed by atoms with Crippen molar-refractivity contribution in [3.63, 3.8) is 0 Å². The van der Waals surface area contributed by atoms with Gasteiger partial charge in [0.1, 0.15) is 0 Å². The molecule has 10 heteroatoms. The van der Waals surface area contributed by atoms with Gasteiger partial charge in [0.25, 0.3) is 0 Å². The van der Waals surface area contributed by atoms with E-state index in [1.165, 1.54) is 25.7 Å². The van der Waals surface area contributed by atoms with Gasteiger partial charge in [0, 0.05) is 57.4 Å². The van der Waals surface area contributed by atoms with Crippen LogP contribution in [0, 0.1) is 0 Å². The topological polar surface area (TPSA) is 92.8 Å². The summed E-state index contributed by atoms with van der Waals surface area (Å²) < 4.78 is 4.03. The smallest absolute Gasteiger partial charge is 0.229 e. The lowest BCUT2D eigenvalue weighted by Gasteiger charge is -2.34. The first kappa shape index (κ1) is 22.0. The zero-order valence-corrected chi connectivity index (χ0v) is 20.2. The van der Waals surface area contributed by atoms with E-state index in [0.717, 1.165) is 67.0 Å². The van der Waals surface area contributed by atoms with Gasteiger partial charge in [-0.3, -0.25) is 0 Å². The number of likely N-dealkylation sites (N-methyl/N-ethyl adjacent to an activating group) is 1. The molecule has 0 atom stereocenters. The highest BCUT2D eigenvalue weighted by Gasteiger charge is 2.24. The number of nitrogens with zero attached hydrogens (tertiary/aromatic N) is 9. The van der Waals surface area contributed by atoms with Gasteiger partial charge in [-0.25, -0.2) is 14.6 Å². The summed E-state index contributed by atoms with van der Waals surface area (Å²) in [5.74, 6) is 2.38. The van der Waals surface area contributed by atoms with Gasteiger partial charge < -0.3 is 19.7 Å². The van der Waals surface area contributed by atoms with Crippen LogP contribution in [0.25, 0.3) is 17.0 Å². The highest BCUT2D eigenvalue weighted by molar-refractivity contribution is 5.84. The molecule has 35 heavy (non-hydrogen) atoms. The van der Waals surface area contributed by atoms with E-state index in [0.29, 0.717) is 12.6 Å². The average Bonchev–Trinajstić information content (AvgIpc) is 3.69. The second-order valence-corrected chi connectivity index (χ2v) is 9.38. The second-order valence-electron chi connectivity index (χ2n) is 9.38. The molecule has 0 bridgehead atoms. The van der Waals surface area contributed by atoms with Crippen molar-refractivity contribution in [1.82, 2.24) is 39.2 Å². The fraction of sp³-hybridized carbons (Fsp3) is 0.480. The number of hydrogen-bond donors (Lipinski definition) is 1. The highest BCUT2D eigenvalue weighted by Crippen LogP contribution is 2.33. The molecule has 1 N–H and O–H groups in total. The minimum absolute atomic E-state index is 0.478. The number of piperazine rings is 1. The Morgan fingerprint density at radius 1 is 1.03 bits per heavy atom. The van der Waals surface area contributed by atoms with Gasteiger partial charge in [-0.15, -0.1) is 0 Å². The molecule has 182 valence electrons. The second kappa shape index (κ2) is 9.61. The number of rotatable bonds is 7. The fourth-order valence-electron chi connectivity index (χ4n) is 5.13. The lowest BCUT2D eigenvalue weighted by Crippen LogP contribution is -2.46. The lowest BCUT2D eigenvalue weighted by atomic mass is 10.2. The van der Waals surface area contributed by atoms with Crippen LogP contribution in [0.4, 0.5) is 11.8 Å². The molecular formula is C25H32N10. The predicted octanol–water partition coefficient (Wildman–Crippen LogP) is 3.28. The highest BCUT2D eigenvalue weighted by atomic mass is 15.3. The SMILES string of the molecule is CCN1CCN(c2nc(NCc3ccc(-n4cccn4)nc3)c3ncn(C4CCCC4)c3n2)CC1. The predicted molar refractivity (Wildman–Crippen MR) is 136 cm³/mol. The van der Waals surface area contributed by atoms with Gasteiger partial charge in [0.05, 0.1) is 6.33 Å². The zero-order valence-electron chi connectivity index (χ0n) is 20.2. The van der Waals surface area contributed by atoms with Crippen molar-refractivity contribution in [3.8, 4) is 5.82 Å². The summed E-state index contributed by atoms with van der Waals surface area (Å²) in [6.45, 7) is 7.87. The Balaban J connectivity index is 1.28. The maximum absolute atomic E-state index is 5.04. The summed E-state index contributed by atoms with van der Waals surface area (Å²) in [5, 5.41) is 7.78. The minimum atomic E-state index is 0.478. The lowest BCUT2D eigenvalue weighted by molar-refractivity contribution is 0.270. The number of anilines is 2. The molecule has 5 heterocycles. The van der Waals surface area contributed by atoms with Crippen molar-refractivity contribution >= 4 is 22.9 Å². The van der Waals surface area contributed by atoms with E-state index >= 15 is 0 Å². The molecule has 2 aliphatic rings. The van der Waals surface area contributed by atoms with Gasteiger partial charge in [-0.1, -0.05) is 25.8 Å². The third-order valence-corrected chi connectivity index (χ3v) is 7.24. The Kier molecular flexibility index (Phi) is 6.03. The molecule has 0 spiro atoms. The van der Waals surface area contributed by atoms with Crippen LogP contribution in [0.5, 0.6) is 0 Å². The summed E-state index contributed by atoms with van der Waals surface area (Å²) in [4.78, 5) is 24.1. The number of aromatic nitrogens is 7. The van der Waals surface area contributed by atoms with Crippen LogP contribution in [-0.4, -0.2) is 71.9 Å². The summed E-state index contributed by atoms with van der Waals surface area (Å²) in [5.41, 5.74) is 2.85. The van der Waals surface area contributed by atoms with E-state index in [4.69, 9.17) is 15.0 Å². The van der Waals surface area contributed by atoms with Gasteiger partial charge in [-0.2, -0.15) is 15.1 Å². The first-order valence-electron chi connectivity index (χ1n) is 12.7. The van der Waals surface area contributed by atoms with Gasteiger partial charge >= 0.3 is 0 Å². The molecule has 0 radical (unpaired) electrons. The molecule has 1 aliphatic heterocycles. The molecule has 0 amide bonds. The standard InChI is InChI=1S/C25H32N10/c1-2-32-12-14-33(15-13-32)25-30-23(22-24(31-25)34(18-28-22)20-6-3-4-7-20)27-17-19-8-9-21(26-16-19)35-11-5-10-29-35/h5,8-11,16,18,20H,2-4,6-7,12-15,17H2,1H3,(H,27,30,31). The van der Waals surface area contributed by atoms with Crippen molar-refractivity contribution in [2.75, 3.05) is 42.9 Å². The van der Waals surface area contributed by atoms with Gasteiger partial charge in [0.2, 0.25) is 5.95 Å². The summed E-state index contributed by atoms with van der Waals surface area (Å²) >= 11 is 0. The Morgan fingerprint density at radius 2 is 1.89 bits per heavy atom. The fourth-order valence-corrected chi connectivity index (χ4v) is 5.13. The Hall–Kier alpha value is -3.53. The molecule has 4 aromatic rings. The molecule has 1 saturated heterocycles. The Bertz CT molecular complexity index is 1250. The van der Waals surface area contributed by atoms with Crippen molar-refractivity contribution in [2.24, 2.45) is 0 Å². The molecule has 4 aromatic heterocycles. The number of nitrogens with one attached hydrogen (secondary N) is 1. The van der Waals surface area contributed by atoms with Crippen LogP contribution >= 0.6 is 0 Å². The largest absolute Gasteiger partial charge is 0.364 e. The van der Waals surface area contributed by atoms with E-state index < -0.39 is 0 Å². The van der Waals surface area contributed by atoms with Crippen LogP contribution in [0.3, 0.4) is 0 Å². The van der Waals surface area contributed by atoms with E-state index in [1.807, 2.05) is 30.9 Å². The maximum Gasteiger partial charge on any atom is 0.229 e. The number of imidazole rings is 1. The molecule has 0 aromatic carbocycles. The summed E-state index contributed by atoms with van der Waals surface area (Å²) in [7, 11) is 0. The van der Waals surface area contributed by atoms with Crippen molar-refractivity contribution in [2.45, 2.75) is 45.2 Å². The van der Waals surface area contributed by atoms with Crippen LogP contribution in [0.15, 0.2) is 43.1 Å². The van der Waals surface area contributed by atoms with E-state index in [-0.39, 0.29) is 0 Å². The normalized spacial score (nSPS) is 17.5. The third-order valence-electron chi connectivity index (χ3n) is 7.24. The molecule has 0 unspecified atom stereocenters. The molecule has 2 fully saturated rings. The first-order valence-corrected chi connectivity index (χ1v) is 12.7. The number of hydrogen-bond acceptors (Lipinski definition) is 8. The molecular weight excluding hydrogens is 440 g/mol. The van der Waals surface area contributed by atoms with E-state index in [2.05, 4.69) is 42.8 Å². The molecule has 6 rings (SSSR count). The first-order chi connectivity index (χ1) is 17.3. The van der Waals surface area contributed by atoms with Crippen LogP contribution in [0.2, 0.25) is 0 Å². The third kappa shape index (κ3) is 4.45. The number of fused-ring (bicyclic) bond motifs is 1. The maximum atomic E-state index is 5.04. The Labute approximate surface area is 205 Å². The van der Waals surface area contributed by atoms with Crippen LogP contribution in [0.1, 0.15) is 44.2 Å². The molecule has 1 saturated carbocycles. The summed E-state index contributed by atoms with van der Waals surface area (Å²) in [6, 6.07) is 6.42. The van der Waals surface area contributed by atoms with Gasteiger partial charge in [-0.05, 0) is 37.1 Å². The van der Waals surface area contributed by atoms with E-state index in [1.54, 1.807) is 10.9 Å². The van der Waals surface area contributed by atoms with Crippen LogP contribution in [-0.2, 0) is 6.54 Å². The van der Waals surface area contributed by atoms with Crippen LogP contribution < -0.4 is 10.2 Å². The summed E-state index contributed by atoms with van der Waals surface area (Å²) in [6.07, 6.45) is 12.4. The minimum Gasteiger partial charge on any atom is -0.364 e. The van der Waals surface area contributed by atoms with Crippen molar-refractivity contribution in [3.05, 3.63) is 48.7 Å².